The molecule has 0 radical (unpaired) electrons. The Kier molecular flexibility index (Phi) is 7.37. The number of urea groups is 1. The average molecular weight is 515 g/mol. The monoisotopic (exact) mass is 513 g/mol. The zero-order chi connectivity index (χ0) is 24.1. The van der Waals surface area contributed by atoms with Crippen LogP contribution in [0.3, 0.4) is 0 Å². The van der Waals surface area contributed by atoms with Crippen molar-refractivity contribution >= 4 is 58.7 Å². The van der Waals surface area contributed by atoms with Crippen LogP contribution in [0.1, 0.15) is 5.56 Å². The maximum Gasteiger partial charge on any atom is 0.326 e. The number of nitrogens with one attached hydrogen (secondary N) is 2. The Hall–Kier alpha value is -3.52. The molecule has 4 rings (SSSR count). The second kappa shape index (κ2) is 10.6. The summed E-state index contributed by atoms with van der Waals surface area (Å²) in [5.41, 5.74) is 2.52. The van der Waals surface area contributed by atoms with Crippen LogP contribution in [0, 0.1) is 0 Å². The summed E-state index contributed by atoms with van der Waals surface area (Å²) < 4.78 is 6.65. The molecule has 0 aliphatic rings. The molecule has 0 saturated heterocycles. The number of imidazole rings is 1. The first-order valence-corrected chi connectivity index (χ1v) is 11.1. The van der Waals surface area contributed by atoms with Crippen molar-refractivity contribution in [2.24, 2.45) is 5.10 Å². The molecular formula is C24H18Cl3N5O2. The Morgan fingerprint density at radius 2 is 1.76 bits per heavy atom. The van der Waals surface area contributed by atoms with Crippen LogP contribution in [0.5, 0.6) is 5.75 Å². The Balaban J connectivity index is 1.64. The van der Waals surface area contributed by atoms with Gasteiger partial charge in [0.1, 0.15) is 5.75 Å². The van der Waals surface area contributed by atoms with Crippen LogP contribution in [-0.4, -0.2) is 29.0 Å². The molecule has 2 amide bonds. The minimum Gasteiger partial charge on any atom is -0.497 e. The third-order valence-electron chi connectivity index (χ3n) is 4.70. The van der Waals surface area contributed by atoms with Gasteiger partial charge < -0.3 is 10.1 Å². The van der Waals surface area contributed by atoms with Crippen molar-refractivity contribution in [2.75, 3.05) is 17.7 Å². The molecule has 172 valence electrons. The molecule has 0 atom stereocenters. The van der Waals surface area contributed by atoms with Crippen molar-refractivity contribution in [1.82, 2.24) is 9.66 Å². The highest BCUT2D eigenvalue weighted by Crippen LogP contribution is 2.25. The second-order valence-electron chi connectivity index (χ2n) is 6.99. The summed E-state index contributed by atoms with van der Waals surface area (Å²) in [6.45, 7) is 0. The summed E-state index contributed by atoms with van der Waals surface area (Å²) in [6, 6.07) is 18.8. The first-order chi connectivity index (χ1) is 16.4. The number of methoxy groups -OCH3 is 1. The summed E-state index contributed by atoms with van der Waals surface area (Å²) in [6.07, 6.45) is 3.24. The number of para-hydroxylation sites is 1. The van der Waals surface area contributed by atoms with E-state index in [1.807, 2.05) is 24.3 Å². The van der Waals surface area contributed by atoms with Crippen LogP contribution in [-0.2, 0) is 0 Å². The van der Waals surface area contributed by atoms with Crippen LogP contribution in [0.25, 0.3) is 11.3 Å². The van der Waals surface area contributed by atoms with Crippen molar-refractivity contribution in [3.63, 3.8) is 0 Å². The SMILES string of the molecule is COc1ccc(-c2cn(N=Cc3ccc(Cl)cc3Cl)c(NC(=O)Nc3ccccc3Cl)n2)cc1. The zero-order valence-electron chi connectivity index (χ0n) is 17.8. The second-order valence-corrected chi connectivity index (χ2v) is 8.24. The third-order valence-corrected chi connectivity index (χ3v) is 5.60. The van der Waals surface area contributed by atoms with Gasteiger partial charge in [-0.15, -0.1) is 0 Å². The van der Waals surface area contributed by atoms with Gasteiger partial charge in [-0.25, -0.2) is 14.5 Å². The molecule has 0 spiro atoms. The highest BCUT2D eigenvalue weighted by atomic mass is 35.5. The van der Waals surface area contributed by atoms with E-state index in [0.29, 0.717) is 32.0 Å². The molecule has 3 aromatic carbocycles. The first kappa shape index (κ1) is 23.6. The van der Waals surface area contributed by atoms with Gasteiger partial charge in [-0.2, -0.15) is 5.10 Å². The number of benzene rings is 3. The number of carbonyl (C=O) groups is 1. The lowest BCUT2D eigenvalue weighted by molar-refractivity contribution is 0.262. The molecule has 0 saturated carbocycles. The molecule has 0 aliphatic heterocycles. The Morgan fingerprint density at radius 1 is 1.00 bits per heavy atom. The van der Waals surface area contributed by atoms with Crippen LogP contribution in [0.2, 0.25) is 15.1 Å². The zero-order valence-corrected chi connectivity index (χ0v) is 20.1. The molecule has 0 unspecified atom stereocenters. The smallest absolute Gasteiger partial charge is 0.326 e. The molecular weight excluding hydrogens is 497 g/mol. The molecule has 0 bridgehead atoms. The molecule has 2 N–H and O–H groups in total. The van der Waals surface area contributed by atoms with Crippen molar-refractivity contribution in [3.8, 4) is 17.0 Å². The van der Waals surface area contributed by atoms with Gasteiger partial charge >= 0.3 is 6.03 Å². The van der Waals surface area contributed by atoms with E-state index in [9.17, 15) is 4.79 Å². The maximum absolute atomic E-state index is 12.6. The minimum atomic E-state index is -0.527. The largest absolute Gasteiger partial charge is 0.497 e. The molecule has 10 heteroatoms. The number of halogens is 3. The van der Waals surface area contributed by atoms with Gasteiger partial charge in [0, 0.05) is 16.1 Å². The lowest BCUT2D eigenvalue weighted by atomic mass is 10.2. The number of hydrogen-bond acceptors (Lipinski definition) is 4. The van der Waals surface area contributed by atoms with Crippen LogP contribution in [0.4, 0.5) is 16.4 Å². The normalized spacial score (nSPS) is 10.9. The van der Waals surface area contributed by atoms with Crippen LogP contribution >= 0.6 is 34.8 Å². The van der Waals surface area contributed by atoms with Crippen LogP contribution in [0.15, 0.2) is 78.0 Å². The highest BCUT2D eigenvalue weighted by molar-refractivity contribution is 6.36. The number of carbonyl (C=O) groups excluding carboxylic acids is 1. The lowest BCUT2D eigenvalue weighted by Gasteiger charge is -2.08. The number of ether oxygens (including phenoxy) is 1. The van der Waals surface area contributed by atoms with Gasteiger partial charge in [-0.1, -0.05) is 53.0 Å². The number of anilines is 2. The van der Waals surface area contributed by atoms with E-state index >= 15 is 0 Å². The van der Waals surface area contributed by atoms with Crippen molar-refractivity contribution < 1.29 is 9.53 Å². The van der Waals surface area contributed by atoms with Gasteiger partial charge in [0.05, 0.1) is 40.9 Å². The number of rotatable bonds is 6. The highest BCUT2D eigenvalue weighted by Gasteiger charge is 2.14. The first-order valence-electron chi connectivity index (χ1n) is 9.98. The van der Waals surface area contributed by atoms with E-state index in [2.05, 4.69) is 20.7 Å². The number of aromatic nitrogens is 2. The van der Waals surface area contributed by atoms with Gasteiger partial charge in [0.25, 0.3) is 0 Å². The molecule has 0 aliphatic carbocycles. The van der Waals surface area contributed by atoms with Gasteiger partial charge in [-0.05, 0) is 48.5 Å². The number of hydrogen-bond donors (Lipinski definition) is 2. The van der Waals surface area contributed by atoms with E-state index in [1.165, 1.54) is 4.68 Å². The molecule has 34 heavy (non-hydrogen) atoms. The van der Waals surface area contributed by atoms with Crippen molar-refractivity contribution in [3.05, 3.63) is 93.6 Å². The van der Waals surface area contributed by atoms with Gasteiger partial charge in [0.15, 0.2) is 0 Å². The maximum atomic E-state index is 12.6. The summed E-state index contributed by atoms with van der Waals surface area (Å²) in [5, 5.41) is 11.2. The summed E-state index contributed by atoms with van der Waals surface area (Å²) in [7, 11) is 1.60. The lowest BCUT2D eigenvalue weighted by Crippen LogP contribution is -2.21. The van der Waals surface area contributed by atoms with E-state index in [1.54, 1.807) is 62.0 Å². The minimum absolute atomic E-state index is 0.191. The topological polar surface area (TPSA) is 80.5 Å². The van der Waals surface area contributed by atoms with E-state index < -0.39 is 6.03 Å². The van der Waals surface area contributed by atoms with E-state index in [4.69, 9.17) is 39.5 Å². The Bertz CT molecular complexity index is 1350. The average Bonchev–Trinajstić information content (AvgIpc) is 3.22. The number of nitrogens with zero attached hydrogens (tertiary/aromatic N) is 3. The molecule has 4 aromatic rings. The Labute approximate surface area is 210 Å². The van der Waals surface area contributed by atoms with Crippen molar-refractivity contribution in [1.29, 1.82) is 0 Å². The summed E-state index contributed by atoms with van der Waals surface area (Å²) >= 11 is 18.4. The number of amides is 2. The standard InChI is InChI=1S/C24H18Cl3N5O2/c1-34-18-10-7-15(8-11-18)22-14-32(28-13-16-6-9-17(25)12-20(16)27)23(29-22)31-24(33)30-21-5-3-2-4-19(21)26/h2-14H,1H3,(H2,29,30,31,33). The van der Waals surface area contributed by atoms with E-state index in [-0.39, 0.29) is 5.95 Å². The molecule has 1 aromatic heterocycles. The predicted molar refractivity (Wildman–Crippen MR) is 138 cm³/mol. The van der Waals surface area contributed by atoms with Gasteiger partial charge in [-0.3, -0.25) is 5.32 Å². The predicted octanol–water partition coefficient (Wildman–Crippen LogP) is 7.05. The Morgan fingerprint density at radius 3 is 2.47 bits per heavy atom. The quantitative estimate of drug-likeness (QED) is 0.271. The fourth-order valence-corrected chi connectivity index (χ4v) is 3.63. The molecule has 0 fully saturated rings. The summed E-state index contributed by atoms with van der Waals surface area (Å²) in [5.74, 6) is 0.910. The van der Waals surface area contributed by atoms with Crippen molar-refractivity contribution in [2.45, 2.75) is 0 Å². The summed E-state index contributed by atoms with van der Waals surface area (Å²) in [4.78, 5) is 17.2. The molecule has 1 heterocycles. The van der Waals surface area contributed by atoms with Crippen LogP contribution < -0.4 is 15.4 Å². The third kappa shape index (κ3) is 5.69. The fraction of sp³-hybridized carbons (Fsp3) is 0.0417. The van der Waals surface area contributed by atoms with Gasteiger partial charge in [0.2, 0.25) is 5.95 Å². The van der Waals surface area contributed by atoms with E-state index in [0.717, 1.165) is 11.3 Å². The molecule has 7 nitrogen and oxygen atoms in total. The fourth-order valence-electron chi connectivity index (χ4n) is 2.99.